The molecular formula is C23H22F3N5S. The van der Waals surface area contributed by atoms with Gasteiger partial charge in [-0.25, -0.2) is 9.97 Å². The quantitative estimate of drug-likeness (QED) is 0.410. The second-order valence-electron chi connectivity index (χ2n) is 9.12. The van der Waals surface area contributed by atoms with Crippen molar-refractivity contribution in [3.05, 3.63) is 47.7 Å². The SMILES string of the molecule is FC(F)(F)Cc1cc2c(N3CCC4(CC(Nc5ccc6cc[nH]c6c5)C4)C3)ncnc2s1. The Morgan fingerprint density at radius 3 is 2.91 bits per heavy atom. The lowest BCUT2D eigenvalue weighted by Gasteiger charge is -2.46. The number of H-pyrrole nitrogens is 1. The smallest absolute Gasteiger partial charge is 0.382 e. The maximum absolute atomic E-state index is 12.8. The Kier molecular flexibility index (Phi) is 4.40. The van der Waals surface area contributed by atoms with Crippen LogP contribution >= 0.6 is 11.3 Å². The monoisotopic (exact) mass is 457 g/mol. The van der Waals surface area contributed by atoms with E-state index in [0.29, 0.717) is 10.9 Å². The number of hydrogen-bond donors (Lipinski definition) is 2. The normalized spacial score (nSPS) is 23.3. The zero-order valence-electron chi connectivity index (χ0n) is 17.2. The van der Waals surface area contributed by atoms with Crippen LogP contribution in [0.2, 0.25) is 0 Å². The molecule has 4 heterocycles. The maximum Gasteiger partial charge on any atom is 0.393 e. The van der Waals surface area contributed by atoms with E-state index in [0.717, 1.165) is 66.1 Å². The zero-order valence-corrected chi connectivity index (χ0v) is 18.1. The second-order valence-corrected chi connectivity index (χ2v) is 10.2. The number of benzene rings is 1. The first-order chi connectivity index (χ1) is 15.4. The molecule has 0 atom stereocenters. The van der Waals surface area contributed by atoms with Crippen molar-refractivity contribution in [3.8, 4) is 0 Å². The predicted octanol–water partition coefficient (Wildman–Crippen LogP) is 5.75. The fourth-order valence-electron chi connectivity index (χ4n) is 5.34. The highest BCUT2D eigenvalue weighted by Gasteiger charge is 2.49. The van der Waals surface area contributed by atoms with Crippen LogP contribution in [0, 0.1) is 5.41 Å². The average Bonchev–Trinajstić information content (AvgIpc) is 3.43. The first-order valence-electron chi connectivity index (χ1n) is 10.7. The van der Waals surface area contributed by atoms with Crippen molar-refractivity contribution in [1.29, 1.82) is 0 Å². The number of nitrogens with one attached hydrogen (secondary N) is 2. The van der Waals surface area contributed by atoms with Crippen LogP contribution in [0.4, 0.5) is 24.7 Å². The first-order valence-corrected chi connectivity index (χ1v) is 11.6. The Labute approximate surface area is 186 Å². The molecule has 0 amide bonds. The number of rotatable bonds is 4. The number of aromatic amines is 1. The second kappa shape index (κ2) is 7.10. The summed E-state index contributed by atoms with van der Waals surface area (Å²) < 4.78 is 38.5. The number of thiophene rings is 1. The van der Waals surface area contributed by atoms with Gasteiger partial charge in [0.2, 0.25) is 0 Å². The van der Waals surface area contributed by atoms with Gasteiger partial charge in [-0.2, -0.15) is 13.2 Å². The largest absolute Gasteiger partial charge is 0.393 e. The molecule has 5 nitrogen and oxygen atoms in total. The van der Waals surface area contributed by atoms with Gasteiger partial charge in [-0.15, -0.1) is 11.3 Å². The number of fused-ring (bicyclic) bond motifs is 2. The minimum absolute atomic E-state index is 0.246. The number of hydrogen-bond acceptors (Lipinski definition) is 5. The summed E-state index contributed by atoms with van der Waals surface area (Å²) in [6, 6.07) is 10.5. The highest BCUT2D eigenvalue weighted by molar-refractivity contribution is 7.18. The molecule has 1 saturated carbocycles. The fourth-order valence-corrected chi connectivity index (χ4v) is 6.36. The molecule has 0 radical (unpaired) electrons. The molecule has 1 saturated heterocycles. The molecule has 4 aromatic rings. The fraction of sp³-hybridized carbons (Fsp3) is 0.391. The predicted molar refractivity (Wildman–Crippen MR) is 121 cm³/mol. The van der Waals surface area contributed by atoms with Crippen LogP contribution in [0.15, 0.2) is 42.9 Å². The molecule has 1 spiro atoms. The van der Waals surface area contributed by atoms with E-state index < -0.39 is 12.6 Å². The molecule has 166 valence electrons. The molecule has 0 bridgehead atoms. The van der Waals surface area contributed by atoms with Crippen molar-refractivity contribution in [1.82, 2.24) is 15.0 Å². The van der Waals surface area contributed by atoms with Crippen molar-refractivity contribution in [3.63, 3.8) is 0 Å². The summed E-state index contributed by atoms with van der Waals surface area (Å²) in [6.45, 7) is 1.76. The molecule has 1 aliphatic carbocycles. The third-order valence-electron chi connectivity index (χ3n) is 6.76. The first kappa shape index (κ1) is 19.8. The minimum Gasteiger partial charge on any atom is -0.382 e. The van der Waals surface area contributed by atoms with Crippen molar-refractivity contribution in [2.75, 3.05) is 23.3 Å². The molecule has 2 N–H and O–H groups in total. The highest BCUT2D eigenvalue weighted by Crippen LogP contribution is 2.50. The average molecular weight is 458 g/mol. The van der Waals surface area contributed by atoms with Crippen LogP contribution in [0.5, 0.6) is 0 Å². The highest BCUT2D eigenvalue weighted by atomic mass is 32.1. The standard InChI is InChI=1S/C23H22F3N5S/c24-23(25,26)11-17-8-18-20(28-13-29-21(18)32-17)31-6-4-22(12-31)9-16(10-22)30-15-2-1-14-3-5-27-19(14)7-15/h1-3,5,7-8,13,16,27,30H,4,6,9-12H2. The Morgan fingerprint density at radius 1 is 1.19 bits per heavy atom. The lowest BCUT2D eigenvalue weighted by molar-refractivity contribution is -0.126. The van der Waals surface area contributed by atoms with Gasteiger partial charge in [-0.05, 0) is 54.3 Å². The van der Waals surface area contributed by atoms with E-state index in [1.54, 1.807) is 6.07 Å². The Morgan fingerprint density at radius 2 is 2.06 bits per heavy atom. The lowest BCUT2D eigenvalue weighted by Crippen LogP contribution is -2.46. The number of alkyl halides is 3. The van der Waals surface area contributed by atoms with Gasteiger partial charge in [-0.1, -0.05) is 6.07 Å². The van der Waals surface area contributed by atoms with Gasteiger partial charge < -0.3 is 15.2 Å². The van der Waals surface area contributed by atoms with Crippen molar-refractivity contribution in [2.24, 2.45) is 5.41 Å². The van der Waals surface area contributed by atoms with E-state index in [1.165, 1.54) is 11.7 Å². The Bertz CT molecular complexity index is 1290. The summed E-state index contributed by atoms with van der Waals surface area (Å²) in [6.07, 6.45) is 1.53. The van der Waals surface area contributed by atoms with Gasteiger partial charge in [0, 0.05) is 41.4 Å². The molecule has 3 aromatic heterocycles. The van der Waals surface area contributed by atoms with Crippen LogP contribution in [-0.2, 0) is 6.42 Å². The Hall–Kier alpha value is -2.81. The number of nitrogens with zero attached hydrogens (tertiary/aromatic N) is 3. The van der Waals surface area contributed by atoms with Gasteiger partial charge in [0.25, 0.3) is 0 Å². The van der Waals surface area contributed by atoms with Crippen molar-refractivity contribution in [2.45, 2.75) is 37.9 Å². The molecular weight excluding hydrogens is 435 g/mol. The third-order valence-corrected chi connectivity index (χ3v) is 7.80. The summed E-state index contributed by atoms with van der Waals surface area (Å²) >= 11 is 1.11. The van der Waals surface area contributed by atoms with Gasteiger partial charge in [0.15, 0.2) is 0 Å². The van der Waals surface area contributed by atoms with Gasteiger partial charge >= 0.3 is 6.18 Å². The van der Waals surface area contributed by atoms with Gasteiger partial charge in [0.05, 0.1) is 11.8 Å². The van der Waals surface area contributed by atoms with Crippen LogP contribution < -0.4 is 10.2 Å². The molecule has 1 aromatic carbocycles. The van der Waals surface area contributed by atoms with E-state index in [1.807, 2.05) is 6.20 Å². The number of anilines is 2. The van der Waals surface area contributed by atoms with Crippen LogP contribution in [-0.4, -0.2) is 40.3 Å². The van der Waals surface area contributed by atoms with Crippen molar-refractivity contribution < 1.29 is 13.2 Å². The molecule has 6 rings (SSSR count). The number of aromatic nitrogens is 3. The lowest BCUT2D eigenvalue weighted by atomic mass is 9.65. The Balaban J connectivity index is 1.14. The minimum atomic E-state index is -4.22. The zero-order chi connectivity index (χ0) is 21.9. The van der Waals surface area contributed by atoms with E-state index >= 15 is 0 Å². The summed E-state index contributed by atoms with van der Waals surface area (Å²) in [5, 5.41) is 5.59. The number of halogens is 3. The molecule has 1 aliphatic heterocycles. The topological polar surface area (TPSA) is 56.8 Å². The van der Waals surface area contributed by atoms with Crippen LogP contribution in [0.3, 0.4) is 0 Å². The maximum atomic E-state index is 12.8. The molecule has 32 heavy (non-hydrogen) atoms. The van der Waals surface area contributed by atoms with E-state index in [4.69, 9.17) is 0 Å². The summed E-state index contributed by atoms with van der Waals surface area (Å²) in [5.41, 5.74) is 2.50. The van der Waals surface area contributed by atoms with E-state index in [2.05, 4.69) is 49.4 Å². The summed E-state index contributed by atoms with van der Waals surface area (Å²) in [4.78, 5) is 15.1. The summed E-state index contributed by atoms with van der Waals surface area (Å²) in [5.74, 6) is 0.769. The summed E-state index contributed by atoms with van der Waals surface area (Å²) in [7, 11) is 0. The molecule has 2 fully saturated rings. The molecule has 0 unspecified atom stereocenters. The van der Waals surface area contributed by atoms with Crippen molar-refractivity contribution >= 4 is 44.0 Å². The van der Waals surface area contributed by atoms with Gasteiger partial charge in [-0.3, -0.25) is 0 Å². The van der Waals surface area contributed by atoms with Crippen LogP contribution in [0.1, 0.15) is 24.1 Å². The van der Waals surface area contributed by atoms with Crippen LogP contribution in [0.25, 0.3) is 21.1 Å². The van der Waals surface area contributed by atoms with E-state index in [9.17, 15) is 13.2 Å². The third kappa shape index (κ3) is 3.58. The molecule has 9 heteroatoms. The molecule has 2 aliphatic rings. The van der Waals surface area contributed by atoms with Gasteiger partial charge in [0.1, 0.15) is 17.0 Å². The van der Waals surface area contributed by atoms with E-state index in [-0.39, 0.29) is 10.3 Å².